The summed E-state index contributed by atoms with van der Waals surface area (Å²) in [6.07, 6.45) is 0. The van der Waals surface area contributed by atoms with E-state index in [0.717, 1.165) is 6.54 Å². The predicted octanol–water partition coefficient (Wildman–Crippen LogP) is 1.94. The summed E-state index contributed by atoms with van der Waals surface area (Å²) in [6, 6.07) is 1.07. The van der Waals surface area contributed by atoms with Gasteiger partial charge < -0.3 is 0 Å². The molecule has 0 aromatic carbocycles. The van der Waals surface area contributed by atoms with Crippen LogP contribution in [0.25, 0.3) is 0 Å². The summed E-state index contributed by atoms with van der Waals surface area (Å²) >= 11 is 0. The van der Waals surface area contributed by atoms with Crippen LogP contribution in [0.3, 0.4) is 0 Å². The minimum Gasteiger partial charge on any atom is -0.261 e. The maximum Gasteiger partial charge on any atom is 0.146 e. The van der Waals surface area contributed by atoms with Crippen LogP contribution in [0.15, 0.2) is 0 Å². The minimum absolute atomic E-state index is 0.440. The van der Waals surface area contributed by atoms with Crippen molar-refractivity contribution in [1.29, 1.82) is 0 Å². The highest BCUT2D eigenvalue weighted by molar-refractivity contribution is 4.70. The number of rotatable bonds is 3. The Balaban J connectivity index is 3.68. The zero-order chi connectivity index (χ0) is 7.44. The molecule has 0 aliphatic heterocycles. The van der Waals surface area contributed by atoms with Gasteiger partial charge in [0.25, 0.3) is 0 Å². The quantitative estimate of drug-likeness (QED) is 0.525. The summed E-state index contributed by atoms with van der Waals surface area (Å²) < 4.78 is 0. The van der Waals surface area contributed by atoms with Crippen LogP contribution in [-0.2, 0) is 0 Å². The van der Waals surface area contributed by atoms with Crippen molar-refractivity contribution in [1.82, 2.24) is 4.90 Å². The van der Waals surface area contributed by atoms with Gasteiger partial charge in [0, 0.05) is 6.04 Å². The van der Waals surface area contributed by atoms with Crippen LogP contribution in [0, 0.1) is 6.92 Å². The highest BCUT2D eigenvalue weighted by Gasteiger charge is 2.14. The zero-order valence-electron chi connectivity index (χ0n) is 7.02. The van der Waals surface area contributed by atoms with Crippen molar-refractivity contribution in [2.24, 2.45) is 0 Å². The lowest BCUT2D eigenvalue weighted by molar-refractivity contribution is 0.201. The Morgan fingerprint density at radius 1 is 1.33 bits per heavy atom. The first-order valence-electron chi connectivity index (χ1n) is 3.68. The van der Waals surface area contributed by atoms with E-state index in [9.17, 15) is 0 Å². The lowest BCUT2D eigenvalue weighted by atomic mass is 10.2. The molecule has 1 atom stereocenters. The molecular formula is C8H18N+. The average Bonchev–Trinajstić information content (AvgIpc) is 1.64. The Morgan fingerprint density at radius 2 is 1.78 bits per heavy atom. The molecule has 0 aromatic heterocycles. The third-order valence-corrected chi connectivity index (χ3v) is 1.59. The lowest BCUT2D eigenvalue weighted by Crippen LogP contribution is -2.36. The molecule has 0 radical (unpaired) electrons. The van der Waals surface area contributed by atoms with Crippen molar-refractivity contribution in [2.75, 3.05) is 6.54 Å². The van der Waals surface area contributed by atoms with Gasteiger partial charge in [-0.1, -0.05) is 6.92 Å². The topological polar surface area (TPSA) is 3.24 Å². The van der Waals surface area contributed by atoms with E-state index in [-0.39, 0.29) is 0 Å². The Bertz CT molecular complexity index is 59.0. The second-order valence-electron chi connectivity index (χ2n) is 2.77. The number of hydrogen-bond donors (Lipinski definition) is 0. The molecule has 0 aliphatic rings. The molecule has 54 valence electrons. The summed E-state index contributed by atoms with van der Waals surface area (Å²) in [4.78, 5) is 2.35. The monoisotopic (exact) mass is 128 g/mol. The van der Waals surface area contributed by atoms with Crippen molar-refractivity contribution in [3.05, 3.63) is 6.92 Å². The summed E-state index contributed by atoms with van der Waals surface area (Å²) in [6.45, 7) is 13.8. The van der Waals surface area contributed by atoms with Gasteiger partial charge in [0.2, 0.25) is 0 Å². The van der Waals surface area contributed by atoms with Gasteiger partial charge in [0.15, 0.2) is 0 Å². The van der Waals surface area contributed by atoms with Crippen LogP contribution in [0.1, 0.15) is 27.7 Å². The molecule has 0 aliphatic carbocycles. The Hall–Kier alpha value is -0.170. The molecule has 1 nitrogen and oxygen atoms in total. The van der Waals surface area contributed by atoms with Gasteiger partial charge >= 0.3 is 0 Å². The fraction of sp³-hybridized carbons (Fsp3) is 0.875. The first-order valence-corrected chi connectivity index (χ1v) is 3.68. The molecule has 0 N–H and O–H groups in total. The summed E-state index contributed by atoms with van der Waals surface area (Å²) in [5.41, 5.74) is 0. The predicted molar refractivity (Wildman–Crippen MR) is 42.3 cm³/mol. The highest BCUT2D eigenvalue weighted by Crippen LogP contribution is 2.02. The van der Waals surface area contributed by atoms with Crippen molar-refractivity contribution in [2.45, 2.75) is 39.8 Å². The molecule has 0 spiro atoms. The molecule has 0 saturated carbocycles. The van der Waals surface area contributed by atoms with Crippen molar-refractivity contribution >= 4 is 0 Å². The second-order valence-corrected chi connectivity index (χ2v) is 2.77. The molecular weight excluding hydrogens is 110 g/mol. The lowest BCUT2D eigenvalue weighted by Gasteiger charge is -2.24. The van der Waals surface area contributed by atoms with Gasteiger partial charge in [-0.05, 0) is 27.3 Å². The van der Waals surface area contributed by atoms with E-state index in [2.05, 4.69) is 39.5 Å². The van der Waals surface area contributed by atoms with Crippen LogP contribution in [0.5, 0.6) is 0 Å². The Kier molecular flexibility index (Phi) is 3.71. The van der Waals surface area contributed by atoms with Crippen LogP contribution >= 0.6 is 0 Å². The molecule has 0 amide bonds. The van der Waals surface area contributed by atoms with Crippen LogP contribution in [0.2, 0.25) is 0 Å². The van der Waals surface area contributed by atoms with E-state index in [0.29, 0.717) is 12.1 Å². The molecule has 0 rings (SSSR count). The van der Waals surface area contributed by atoms with Gasteiger partial charge in [-0.15, -0.1) is 0 Å². The second kappa shape index (κ2) is 3.78. The minimum atomic E-state index is 0.440. The van der Waals surface area contributed by atoms with Gasteiger partial charge in [0.05, 0.1) is 6.92 Å². The van der Waals surface area contributed by atoms with Gasteiger partial charge in [-0.25, -0.2) is 0 Å². The first kappa shape index (κ1) is 8.83. The van der Waals surface area contributed by atoms with Crippen molar-refractivity contribution in [3.63, 3.8) is 0 Å². The molecule has 9 heavy (non-hydrogen) atoms. The largest absolute Gasteiger partial charge is 0.261 e. The SMILES string of the molecule is [CH2+]C(C)N(CC)C(C)C. The van der Waals surface area contributed by atoms with Gasteiger partial charge in [-0.2, -0.15) is 0 Å². The standard InChI is InChI=1S/C8H18N/c1-6-9(7(2)3)8(4)5/h7-8H,2,6H2,1,3-5H3/q+1. The van der Waals surface area contributed by atoms with Crippen molar-refractivity contribution < 1.29 is 0 Å². The fourth-order valence-corrected chi connectivity index (χ4v) is 1.19. The van der Waals surface area contributed by atoms with E-state index < -0.39 is 0 Å². The van der Waals surface area contributed by atoms with E-state index >= 15 is 0 Å². The number of hydrogen-bond acceptors (Lipinski definition) is 1. The molecule has 0 fully saturated rings. The maximum absolute atomic E-state index is 3.96. The summed E-state index contributed by atoms with van der Waals surface area (Å²) in [7, 11) is 0. The zero-order valence-corrected chi connectivity index (χ0v) is 7.02. The van der Waals surface area contributed by atoms with Gasteiger partial charge in [-0.3, -0.25) is 4.90 Å². The Labute approximate surface area is 59.1 Å². The summed E-state index contributed by atoms with van der Waals surface area (Å²) in [5, 5.41) is 0. The third kappa shape index (κ3) is 2.75. The molecule has 0 heterocycles. The molecule has 0 bridgehead atoms. The smallest absolute Gasteiger partial charge is 0.146 e. The van der Waals surface area contributed by atoms with E-state index in [1.165, 1.54) is 0 Å². The Morgan fingerprint density at radius 3 is 1.78 bits per heavy atom. The van der Waals surface area contributed by atoms with Crippen LogP contribution in [-0.4, -0.2) is 23.5 Å². The molecule has 1 heteroatoms. The normalized spacial score (nSPS) is 14.9. The van der Waals surface area contributed by atoms with E-state index in [4.69, 9.17) is 0 Å². The molecule has 1 unspecified atom stereocenters. The number of nitrogens with zero attached hydrogens (tertiary/aromatic N) is 1. The van der Waals surface area contributed by atoms with Crippen LogP contribution in [0.4, 0.5) is 0 Å². The molecule has 0 saturated heterocycles. The molecule has 0 aromatic rings. The van der Waals surface area contributed by atoms with Gasteiger partial charge in [0.1, 0.15) is 6.04 Å². The van der Waals surface area contributed by atoms with E-state index in [1.54, 1.807) is 0 Å². The third-order valence-electron chi connectivity index (χ3n) is 1.59. The first-order chi connectivity index (χ1) is 4.09. The fourth-order valence-electron chi connectivity index (χ4n) is 1.19. The highest BCUT2D eigenvalue weighted by atomic mass is 15.2. The maximum atomic E-state index is 3.96. The summed E-state index contributed by atoms with van der Waals surface area (Å²) in [5.74, 6) is 0. The van der Waals surface area contributed by atoms with E-state index in [1.807, 2.05) is 0 Å². The van der Waals surface area contributed by atoms with Crippen molar-refractivity contribution in [3.8, 4) is 0 Å². The van der Waals surface area contributed by atoms with Crippen LogP contribution < -0.4 is 0 Å². The average molecular weight is 128 g/mol.